The Hall–Kier alpha value is -2.30. The van der Waals surface area contributed by atoms with Gasteiger partial charge in [0.2, 0.25) is 5.91 Å². The molecule has 1 amide bonds. The van der Waals surface area contributed by atoms with E-state index in [2.05, 4.69) is 9.97 Å². The van der Waals surface area contributed by atoms with E-state index < -0.39 is 0 Å². The molecule has 1 heterocycles. The molecule has 0 radical (unpaired) electrons. The van der Waals surface area contributed by atoms with Gasteiger partial charge in [0, 0.05) is 19.4 Å². The molecule has 94 valence electrons. The average Bonchev–Trinajstić information content (AvgIpc) is 2.85. The summed E-state index contributed by atoms with van der Waals surface area (Å²) in [4.78, 5) is 20.6. The summed E-state index contributed by atoms with van der Waals surface area (Å²) in [6.07, 6.45) is 3.71. The molecule has 0 aliphatic heterocycles. The van der Waals surface area contributed by atoms with Crippen molar-refractivity contribution >= 4 is 5.91 Å². The number of amides is 1. The van der Waals surface area contributed by atoms with Crippen molar-refractivity contribution < 1.29 is 9.90 Å². The number of imidazole rings is 1. The minimum atomic E-state index is 0.0112. The molecule has 0 atom stereocenters. The van der Waals surface area contributed by atoms with Crippen molar-refractivity contribution in [3.63, 3.8) is 0 Å². The smallest absolute Gasteiger partial charge is 0.227 e. The molecule has 0 unspecified atom stereocenters. The Balaban J connectivity index is 1.93. The number of aromatic amines is 1. The molecule has 0 bridgehead atoms. The van der Waals surface area contributed by atoms with E-state index in [1.54, 1.807) is 48.6 Å². The molecule has 2 N–H and O–H groups in total. The van der Waals surface area contributed by atoms with Crippen molar-refractivity contribution in [1.29, 1.82) is 0 Å². The number of phenols is 1. The zero-order chi connectivity index (χ0) is 13.0. The van der Waals surface area contributed by atoms with E-state index in [9.17, 15) is 4.79 Å². The lowest BCUT2D eigenvalue weighted by Crippen LogP contribution is -2.28. The lowest BCUT2D eigenvalue weighted by atomic mass is 10.1. The van der Waals surface area contributed by atoms with Crippen LogP contribution in [-0.2, 0) is 17.8 Å². The van der Waals surface area contributed by atoms with E-state index in [1.807, 2.05) is 0 Å². The predicted molar refractivity (Wildman–Crippen MR) is 66.9 cm³/mol. The van der Waals surface area contributed by atoms with E-state index in [0.29, 0.717) is 13.0 Å². The SMILES string of the molecule is CN(Cc1ncc[nH]1)C(=O)Cc1ccc(O)cc1. The van der Waals surface area contributed by atoms with Crippen LogP contribution in [0.5, 0.6) is 5.75 Å². The molecule has 0 saturated heterocycles. The summed E-state index contributed by atoms with van der Waals surface area (Å²) in [7, 11) is 1.74. The Morgan fingerprint density at radius 3 is 2.72 bits per heavy atom. The predicted octanol–water partition coefficient (Wildman–Crippen LogP) is 1.32. The quantitative estimate of drug-likeness (QED) is 0.853. The molecule has 18 heavy (non-hydrogen) atoms. The van der Waals surface area contributed by atoms with Crippen molar-refractivity contribution in [3.05, 3.63) is 48.0 Å². The molecular formula is C13H15N3O2. The van der Waals surface area contributed by atoms with Gasteiger partial charge in [-0.05, 0) is 17.7 Å². The second-order valence-corrected chi connectivity index (χ2v) is 4.13. The highest BCUT2D eigenvalue weighted by Gasteiger charge is 2.11. The number of carbonyl (C=O) groups excluding carboxylic acids is 1. The Bertz CT molecular complexity index is 506. The van der Waals surface area contributed by atoms with Gasteiger partial charge in [-0.2, -0.15) is 0 Å². The van der Waals surface area contributed by atoms with Crippen LogP contribution in [0.15, 0.2) is 36.7 Å². The molecule has 0 aliphatic carbocycles. The summed E-state index contributed by atoms with van der Waals surface area (Å²) in [6.45, 7) is 0.462. The van der Waals surface area contributed by atoms with E-state index in [1.165, 1.54) is 0 Å². The molecule has 0 spiro atoms. The number of likely N-dealkylation sites (N-methyl/N-ethyl adjacent to an activating group) is 1. The number of aromatic nitrogens is 2. The Morgan fingerprint density at radius 2 is 2.11 bits per heavy atom. The van der Waals surface area contributed by atoms with Crippen LogP contribution in [0.3, 0.4) is 0 Å². The molecule has 0 fully saturated rings. The molecule has 1 aromatic carbocycles. The number of aromatic hydroxyl groups is 1. The van der Waals surface area contributed by atoms with Gasteiger partial charge in [0.1, 0.15) is 11.6 Å². The number of hydrogen-bond donors (Lipinski definition) is 2. The normalized spacial score (nSPS) is 10.3. The van der Waals surface area contributed by atoms with E-state index >= 15 is 0 Å². The number of H-pyrrole nitrogens is 1. The van der Waals surface area contributed by atoms with Crippen LogP contribution in [0.25, 0.3) is 0 Å². The number of carbonyl (C=O) groups is 1. The Labute approximate surface area is 105 Å². The zero-order valence-corrected chi connectivity index (χ0v) is 10.1. The van der Waals surface area contributed by atoms with Gasteiger partial charge in [-0.1, -0.05) is 12.1 Å². The maximum absolute atomic E-state index is 11.9. The van der Waals surface area contributed by atoms with E-state index in [4.69, 9.17) is 5.11 Å². The van der Waals surface area contributed by atoms with Crippen LogP contribution in [0.1, 0.15) is 11.4 Å². The van der Waals surface area contributed by atoms with Gasteiger partial charge in [0.05, 0.1) is 13.0 Å². The van der Waals surface area contributed by atoms with Gasteiger partial charge in [-0.15, -0.1) is 0 Å². The summed E-state index contributed by atoms with van der Waals surface area (Å²) in [5.74, 6) is 0.976. The monoisotopic (exact) mass is 245 g/mol. The van der Waals surface area contributed by atoms with Crippen LogP contribution in [0.2, 0.25) is 0 Å². The molecular weight excluding hydrogens is 230 g/mol. The summed E-state index contributed by atoms with van der Waals surface area (Å²) in [6, 6.07) is 6.65. The van der Waals surface area contributed by atoms with Crippen molar-refractivity contribution in [2.45, 2.75) is 13.0 Å². The maximum Gasteiger partial charge on any atom is 0.227 e. The summed E-state index contributed by atoms with van der Waals surface area (Å²) in [5, 5.41) is 9.16. The second-order valence-electron chi connectivity index (χ2n) is 4.13. The zero-order valence-electron chi connectivity index (χ0n) is 10.1. The minimum absolute atomic E-state index is 0.0112. The van der Waals surface area contributed by atoms with Crippen LogP contribution in [0, 0.1) is 0 Å². The molecule has 2 aromatic rings. The number of rotatable bonds is 4. The second kappa shape index (κ2) is 5.35. The molecule has 1 aromatic heterocycles. The first-order valence-electron chi connectivity index (χ1n) is 5.65. The van der Waals surface area contributed by atoms with Crippen LogP contribution in [0.4, 0.5) is 0 Å². The van der Waals surface area contributed by atoms with Crippen LogP contribution >= 0.6 is 0 Å². The van der Waals surface area contributed by atoms with Gasteiger partial charge in [0.25, 0.3) is 0 Å². The van der Waals surface area contributed by atoms with Gasteiger partial charge in [-0.25, -0.2) is 4.98 Å². The summed E-state index contributed by atoms with van der Waals surface area (Å²) < 4.78 is 0. The first-order chi connectivity index (χ1) is 8.65. The highest BCUT2D eigenvalue weighted by molar-refractivity contribution is 5.78. The first-order valence-corrected chi connectivity index (χ1v) is 5.65. The third-order valence-electron chi connectivity index (χ3n) is 2.66. The minimum Gasteiger partial charge on any atom is -0.508 e. The fourth-order valence-corrected chi connectivity index (χ4v) is 1.62. The summed E-state index contributed by atoms with van der Waals surface area (Å²) >= 11 is 0. The first kappa shape index (κ1) is 12.2. The summed E-state index contributed by atoms with van der Waals surface area (Å²) in [5.41, 5.74) is 0.879. The topological polar surface area (TPSA) is 69.2 Å². The molecule has 5 nitrogen and oxygen atoms in total. The number of hydrogen-bond acceptors (Lipinski definition) is 3. The van der Waals surface area contributed by atoms with Gasteiger partial charge in [0.15, 0.2) is 0 Å². The van der Waals surface area contributed by atoms with Gasteiger partial charge < -0.3 is 15.0 Å². The van der Waals surface area contributed by atoms with Crippen LogP contribution < -0.4 is 0 Å². The fourth-order valence-electron chi connectivity index (χ4n) is 1.62. The number of nitrogens with zero attached hydrogens (tertiary/aromatic N) is 2. The highest BCUT2D eigenvalue weighted by Crippen LogP contribution is 2.11. The van der Waals surface area contributed by atoms with Crippen molar-refractivity contribution in [2.75, 3.05) is 7.05 Å². The van der Waals surface area contributed by atoms with Crippen LogP contribution in [-0.4, -0.2) is 32.9 Å². The Kier molecular flexibility index (Phi) is 3.62. The third kappa shape index (κ3) is 3.10. The van der Waals surface area contributed by atoms with Crippen molar-refractivity contribution in [2.24, 2.45) is 0 Å². The third-order valence-corrected chi connectivity index (χ3v) is 2.66. The average molecular weight is 245 g/mol. The lowest BCUT2D eigenvalue weighted by molar-refractivity contribution is -0.129. The van der Waals surface area contributed by atoms with Crippen molar-refractivity contribution in [1.82, 2.24) is 14.9 Å². The lowest BCUT2D eigenvalue weighted by Gasteiger charge is -2.15. The van der Waals surface area contributed by atoms with Crippen molar-refractivity contribution in [3.8, 4) is 5.75 Å². The van der Waals surface area contributed by atoms with Gasteiger partial charge in [-0.3, -0.25) is 4.79 Å². The molecule has 0 saturated carbocycles. The number of phenolic OH excluding ortho intramolecular Hbond substituents is 1. The van der Waals surface area contributed by atoms with E-state index in [-0.39, 0.29) is 11.7 Å². The highest BCUT2D eigenvalue weighted by atomic mass is 16.3. The molecule has 0 aliphatic rings. The standard InChI is InChI=1S/C13H15N3O2/c1-16(9-12-14-6-7-15-12)13(18)8-10-2-4-11(17)5-3-10/h2-7,17H,8-9H2,1H3,(H,14,15). The molecule has 5 heteroatoms. The molecule has 2 rings (SSSR count). The van der Waals surface area contributed by atoms with Gasteiger partial charge >= 0.3 is 0 Å². The fraction of sp³-hybridized carbons (Fsp3) is 0.231. The largest absolute Gasteiger partial charge is 0.508 e. The Morgan fingerprint density at radius 1 is 1.39 bits per heavy atom. The van der Waals surface area contributed by atoms with E-state index in [0.717, 1.165) is 11.4 Å². The number of benzene rings is 1. The maximum atomic E-state index is 11.9. The number of nitrogens with one attached hydrogen (secondary N) is 1.